The highest BCUT2D eigenvalue weighted by Crippen LogP contribution is 2.34. The molecule has 0 amide bonds. The summed E-state index contributed by atoms with van der Waals surface area (Å²) in [6.07, 6.45) is 4.21. The number of hydrogen-bond donors (Lipinski definition) is 5. The predicted molar refractivity (Wildman–Crippen MR) is 129 cm³/mol. The monoisotopic (exact) mass is 423 g/mol. The van der Waals surface area contributed by atoms with Gasteiger partial charge in [-0.25, -0.2) is 9.97 Å². The van der Waals surface area contributed by atoms with E-state index in [1.54, 1.807) is 26.1 Å². The molecule has 6 N–H and O–H groups in total. The first-order chi connectivity index (χ1) is 14.8. The molecule has 2 aromatic heterocycles. The Morgan fingerprint density at radius 3 is 2.65 bits per heavy atom. The number of nitrogens with one attached hydrogen (secondary N) is 4. The maximum Gasteiger partial charge on any atom is 0.222 e. The van der Waals surface area contributed by atoms with Crippen LogP contribution >= 0.6 is 0 Å². The zero-order valence-electron chi connectivity index (χ0n) is 19.0. The van der Waals surface area contributed by atoms with Crippen molar-refractivity contribution in [2.75, 3.05) is 23.8 Å². The highest BCUT2D eigenvalue weighted by Gasteiger charge is 2.19. The summed E-state index contributed by atoms with van der Waals surface area (Å²) in [5.74, 6) is 0.495. The molecule has 166 valence electrons. The molecule has 0 fully saturated rings. The second-order valence-corrected chi connectivity index (χ2v) is 7.41. The predicted octanol–water partition coefficient (Wildman–Crippen LogP) is 4.43. The van der Waals surface area contributed by atoms with Crippen LogP contribution in [-0.2, 0) is 0 Å². The van der Waals surface area contributed by atoms with Gasteiger partial charge in [0.1, 0.15) is 5.69 Å². The van der Waals surface area contributed by atoms with Crippen LogP contribution in [0.1, 0.15) is 46.7 Å². The molecule has 0 aliphatic heterocycles. The van der Waals surface area contributed by atoms with Crippen molar-refractivity contribution in [1.82, 2.24) is 9.97 Å². The lowest BCUT2D eigenvalue weighted by molar-refractivity contribution is 0.328. The normalized spacial score (nSPS) is 12.2. The molecule has 0 bridgehead atoms. The third-order valence-corrected chi connectivity index (χ3v) is 4.58. The number of nitrogens with zero attached hydrogens (tertiary/aromatic N) is 2. The van der Waals surface area contributed by atoms with Gasteiger partial charge in [0.2, 0.25) is 5.88 Å². The molecule has 2 rings (SSSR count). The van der Waals surface area contributed by atoms with Crippen molar-refractivity contribution in [2.24, 2.45) is 5.73 Å². The molecule has 0 saturated carbocycles. The Bertz CT molecular complexity index is 964. The molecule has 0 radical (unpaired) electrons. The fourth-order valence-electron chi connectivity index (χ4n) is 2.94. The number of ether oxygens (including phenoxy) is 1. The molecule has 1 atom stereocenters. The van der Waals surface area contributed by atoms with Crippen LogP contribution < -0.4 is 21.1 Å². The highest BCUT2D eigenvalue weighted by atomic mass is 16.5. The molecule has 2 aromatic rings. The summed E-state index contributed by atoms with van der Waals surface area (Å²) in [5, 5.41) is 23.3. The number of anilines is 2. The van der Waals surface area contributed by atoms with Crippen molar-refractivity contribution in [3.05, 3.63) is 41.9 Å². The van der Waals surface area contributed by atoms with E-state index in [1.165, 1.54) is 0 Å². The summed E-state index contributed by atoms with van der Waals surface area (Å²) in [6.45, 7) is 10.3. The Morgan fingerprint density at radius 2 is 2.03 bits per heavy atom. The third-order valence-electron chi connectivity index (χ3n) is 4.58. The van der Waals surface area contributed by atoms with Gasteiger partial charge in [-0.3, -0.25) is 0 Å². The number of pyridine rings is 2. The van der Waals surface area contributed by atoms with Gasteiger partial charge in [-0.05, 0) is 58.4 Å². The van der Waals surface area contributed by atoms with Crippen LogP contribution in [0.2, 0.25) is 0 Å². The van der Waals surface area contributed by atoms with E-state index >= 15 is 0 Å². The van der Waals surface area contributed by atoms with Crippen LogP contribution in [0, 0.1) is 10.8 Å². The van der Waals surface area contributed by atoms with Gasteiger partial charge >= 0.3 is 0 Å². The standard InChI is InChI=1S/C23H33N7O/c1-6-15(4)29-22-20(28-13-17(26)11-14(3)24)12-19(30-21(22)16(5)25)18-9-8-10-27-23(18)31-7-2/h8-12,15,25-26,29H,6-7,13,24H2,1-5H3,(H,28,30)/b14-11-,25-16?,26-17?. The molecular weight excluding hydrogens is 390 g/mol. The van der Waals surface area contributed by atoms with Crippen LogP contribution in [0.25, 0.3) is 11.3 Å². The minimum absolute atomic E-state index is 0.189. The smallest absolute Gasteiger partial charge is 0.222 e. The van der Waals surface area contributed by atoms with Gasteiger partial charge in [-0.1, -0.05) is 6.92 Å². The summed E-state index contributed by atoms with van der Waals surface area (Å²) in [6, 6.07) is 5.83. The van der Waals surface area contributed by atoms with E-state index in [0.29, 0.717) is 41.0 Å². The Morgan fingerprint density at radius 1 is 1.29 bits per heavy atom. The van der Waals surface area contributed by atoms with Crippen LogP contribution in [0.5, 0.6) is 5.88 Å². The average molecular weight is 424 g/mol. The van der Waals surface area contributed by atoms with E-state index in [9.17, 15) is 0 Å². The van der Waals surface area contributed by atoms with Gasteiger partial charge in [0.25, 0.3) is 0 Å². The Labute approximate surface area is 184 Å². The summed E-state index contributed by atoms with van der Waals surface area (Å²) in [7, 11) is 0. The first kappa shape index (κ1) is 23.9. The lowest BCUT2D eigenvalue weighted by atomic mass is 10.1. The van der Waals surface area contributed by atoms with Gasteiger partial charge in [0.15, 0.2) is 0 Å². The maximum atomic E-state index is 8.33. The zero-order chi connectivity index (χ0) is 23.0. The molecule has 31 heavy (non-hydrogen) atoms. The molecule has 0 saturated heterocycles. The average Bonchev–Trinajstić information content (AvgIpc) is 2.72. The number of aromatic nitrogens is 2. The van der Waals surface area contributed by atoms with E-state index in [1.807, 2.05) is 25.1 Å². The number of nitrogens with two attached hydrogens (primary N) is 1. The number of rotatable bonds is 11. The molecule has 8 heteroatoms. The molecule has 8 nitrogen and oxygen atoms in total. The summed E-state index contributed by atoms with van der Waals surface area (Å²) in [5.41, 5.74) is 10.4. The second-order valence-electron chi connectivity index (χ2n) is 7.41. The molecule has 1 unspecified atom stereocenters. The first-order valence-electron chi connectivity index (χ1n) is 10.5. The maximum absolute atomic E-state index is 8.33. The van der Waals surface area contributed by atoms with Crippen molar-refractivity contribution >= 4 is 22.8 Å². The van der Waals surface area contributed by atoms with Gasteiger partial charge in [-0.15, -0.1) is 0 Å². The van der Waals surface area contributed by atoms with E-state index < -0.39 is 0 Å². The van der Waals surface area contributed by atoms with Gasteiger partial charge < -0.3 is 31.9 Å². The van der Waals surface area contributed by atoms with E-state index in [2.05, 4.69) is 29.5 Å². The molecule has 2 heterocycles. The fourth-order valence-corrected chi connectivity index (χ4v) is 2.94. The van der Waals surface area contributed by atoms with E-state index in [-0.39, 0.29) is 12.6 Å². The van der Waals surface area contributed by atoms with Crippen molar-refractivity contribution in [3.63, 3.8) is 0 Å². The lowest BCUT2D eigenvalue weighted by Crippen LogP contribution is -2.20. The Hall–Kier alpha value is -3.42. The summed E-state index contributed by atoms with van der Waals surface area (Å²) in [4.78, 5) is 9.11. The Balaban J connectivity index is 2.61. The minimum Gasteiger partial charge on any atom is -0.477 e. The SMILES string of the molecule is CCOc1ncccc1-c1cc(NCC(=N)/C=C(/C)N)c(NC(C)CC)c(C(C)=N)n1. The van der Waals surface area contributed by atoms with Gasteiger partial charge in [-0.2, -0.15) is 0 Å². The van der Waals surface area contributed by atoms with Crippen molar-refractivity contribution in [2.45, 2.75) is 47.1 Å². The summed E-state index contributed by atoms with van der Waals surface area (Å²) < 4.78 is 5.69. The topological polar surface area (TPSA) is 133 Å². The highest BCUT2D eigenvalue weighted by molar-refractivity contribution is 6.04. The van der Waals surface area contributed by atoms with E-state index in [4.69, 9.17) is 26.3 Å². The lowest BCUT2D eigenvalue weighted by Gasteiger charge is -2.22. The van der Waals surface area contributed by atoms with Crippen LogP contribution in [-0.4, -0.2) is 40.6 Å². The summed E-state index contributed by atoms with van der Waals surface area (Å²) >= 11 is 0. The van der Waals surface area contributed by atoms with Gasteiger partial charge in [0.05, 0.1) is 47.2 Å². The quantitative estimate of drug-likeness (QED) is 0.339. The molecule has 0 aromatic carbocycles. The van der Waals surface area contributed by atoms with Crippen molar-refractivity contribution in [1.29, 1.82) is 10.8 Å². The number of allylic oxidation sites excluding steroid dienone is 1. The van der Waals surface area contributed by atoms with Crippen LogP contribution in [0.4, 0.5) is 11.4 Å². The molecule has 0 aliphatic carbocycles. The molecular formula is C23H33N7O. The van der Waals surface area contributed by atoms with Crippen LogP contribution in [0.15, 0.2) is 36.2 Å². The number of hydrogen-bond acceptors (Lipinski definition) is 8. The zero-order valence-corrected chi connectivity index (χ0v) is 19.0. The fraction of sp³-hybridized carbons (Fsp3) is 0.391. The molecule has 0 spiro atoms. The second kappa shape index (κ2) is 11.1. The third kappa shape index (κ3) is 6.53. The van der Waals surface area contributed by atoms with Crippen molar-refractivity contribution in [3.8, 4) is 17.1 Å². The van der Waals surface area contributed by atoms with E-state index in [0.717, 1.165) is 23.4 Å². The molecule has 0 aliphatic rings. The minimum atomic E-state index is 0.189. The Kier molecular flexibility index (Phi) is 8.54. The van der Waals surface area contributed by atoms with Crippen LogP contribution in [0.3, 0.4) is 0 Å². The first-order valence-corrected chi connectivity index (χ1v) is 10.5. The largest absolute Gasteiger partial charge is 0.477 e. The van der Waals surface area contributed by atoms with Gasteiger partial charge in [0, 0.05) is 17.9 Å². The van der Waals surface area contributed by atoms with Crippen molar-refractivity contribution < 1.29 is 4.74 Å².